The van der Waals surface area contributed by atoms with Gasteiger partial charge in [0.05, 0.1) is 0 Å². The van der Waals surface area contributed by atoms with E-state index in [4.69, 9.17) is 0 Å². The summed E-state index contributed by atoms with van der Waals surface area (Å²) < 4.78 is 0. The van der Waals surface area contributed by atoms with E-state index in [0.717, 1.165) is 41.9 Å². The zero-order valence-electron chi connectivity index (χ0n) is 16.6. The van der Waals surface area contributed by atoms with E-state index in [1.807, 2.05) is 37.3 Å². The third-order valence-electron chi connectivity index (χ3n) is 5.64. The van der Waals surface area contributed by atoms with Crippen LogP contribution in [-0.2, 0) is 4.79 Å². The topological polar surface area (TPSA) is 70.2 Å². The molecule has 1 aromatic heterocycles. The molecule has 0 unspecified atom stereocenters. The second-order valence-corrected chi connectivity index (χ2v) is 7.96. The molecule has 2 N–H and O–H groups in total. The molecule has 2 aromatic rings. The number of carbonyl (C=O) groups excluding carboxylic acids is 1. The van der Waals surface area contributed by atoms with E-state index in [2.05, 4.69) is 25.5 Å². The second kappa shape index (κ2) is 8.59. The SMILES string of the molecule is Cc1nc(Nc2ccc(NC(=O)CC3CCCC3)cc2)cc(N2CCCC2)n1. The Bertz CT molecular complexity index is 808. The molecule has 1 aliphatic heterocycles. The first-order valence-electron chi connectivity index (χ1n) is 10.4. The molecule has 28 heavy (non-hydrogen) atoms. The lowest BCUT2D eigenvalue weighted by Gasteiger charge is -2.18. The fourth-order valence-corrected chi connectivity index (χ4v) is 4.20. The molecule has 1 saturated heterocycles. The fourth-order valence-electron chi connectivity index (χ4n) is 4.20. The van der Waals surface area contributed by atoms with Gasteiger partial charge in [0.1, 0.15) is 17.5 Å². The van der Waals surface area contributed by atoms with Gasteiger partial charge in [0.2, 0.25) is 5.91 Å². The van der Waals surface area contributed by atoms with Crippen LogP contribution in [0.2, 0.25) is 0 Å². The highest BCUT2D eigenvalue weighted by Gasteiger charge is 2.18. The molecule has 4 rings (SSSR count). The molecule has 1 aliphatic carbocycles. The molecular weight excluding hydrogens is 350 g/mol. The summed E-state index contributed by atoms with van der Waals surface area (Å²) in [5.74, 6) is 3.24. The predicted octanol–water partition coefficient (Wildman–Crippen LogP) is 4.65. The van der Waals surface area contributed by atoms with Gasteiger partial charge in [-0.3, -0.25) is 4.79 Å². The van der Waals surface area contributed by atoms with Crippen LogP contribution in [-0.4, -0.2) is 29.0 Å². The number of aromatic nitrogens is 2. The van der Waals surface area contributed by atoms with Gasteiger partial charge in [-0.15, -0.1) is 0 Å². The first-order chi connectivity index (χ1) is 13.7. The summed E-state index contributed by atoms with van der Waals surface area (Å²) in [6.45, 7) is 4.05. The summed E-state index contributed by atoms with van der Waals surface area (Å²) >= 11 is 0. The number of hydrogen-bond donors (Lipinski definition) is 2. The number of benzene rings is 1. The van der Waals surface area contributed by atoms with E-state index < -0.39 is 0 Å². The maximum absolute atomic E-state index is 12.2. The molecule has 148 valence electrons. The van der Waals surface area contributed by atoms with E-state index in [0.29, 0.717) is 12.3 Å². The number of hydrogen-bond acceptors (Lipinski definition) is 5. The Morgan fingerprint density at radius 2 is 1.71 bits per heavy atom. The number of amides is 1. The molecule has 0 spiro atoms. The maximum atomic E-state index is 12.2. The fraction of sp³-hybridized carbons (Fsp3) is 0.500. The minimum atomic E-state index is 0.120. The molecule has 0 radical (unpaired) electrons. The summed E-state index contributed by atoms with van der Waals surface area (Å²) in [5.41, 5.74) is 1.78. The normalized spacial score (nSPS) is 17.1. The molecule has 0 atom stereocenters. The molecular formula is C22H29N5O. The van der Waals surface area contributed by atoms with Crippen molar-refractivity contribution in [3.05, 3.63) is 36.2 Å². The monoisotopic (exact) mass is 379 g/mol. The van der Waals surface area contributed by atoms with E-state index in [-0.39, 0.29) is 5.91 Å². The lowest BCUT2D eigenvalue weighted by atomic mass is 10.0. The van der Waals surface area contributed by atoms with Crippen LogP contribution in [0.4, 0.5) is 23.0 Å². The van der Waals surface area contributed by atoms with Crippen molar-refractivity contribution >= 4 is 28.9 Å². The van der Waals surface area contributed by atoms with Gasteiger partial charge in [-0.1, -0.05) is 12.8 Å². The van der Waals surface area contributed by atoms with Crippen LogP contribution in [0.25, 0.3) is 0 Å². The number of aryl methyl sites for hydroxylation is 1. The number of nitrogens with zero attached hydrogens (tertiary/aromatic N) is 3. The van der Waals surface area contributed by atoms with Crippen molar-refractivity contribution in [2.24, 2.45) is 5.92 Å². The van der Waals surface area contributed by atoms with Crippen molar-refractivity contribution in [2.45, 2.75) is 51.9 Å². The summed E-state index contributed by atoms with van der Waals surface area (Å²) in [6.07, 6.45) is 7.99. The van der Waals surface area contributed by atoms with E-state index in [1.54, 1.807) is 0 Å². The molecule has 2 fully saturated rings. The zero-order valence-corrected chi connectivity index (χ0v) is 16.6. The van der Waals surface area contributed by atoms with Gasteiger partial charge in [0.15, 0.2) is 0 Å². The number of carbonyl (C=O) groups is 1. The maximum Gasteiger partial charge on any atom is 0.224 e. The highest BCUT2D eigenvalue weighted by molar-refractivity contribution is 5.91. The average molecular weight is 380 g/mol. The quantitative estimate of drug-likeness (QED) is 0.765. The van der Waals surface area contributed by atoms with Crippen molar-refractivity contribution in [2.75, 3.05) is 28.6 Å². The van der Waals surface area contributed by atoms with Crippen LogP contribution in [0.5, 0.6) is 0 Å². The Labute approximate surface area is 166 Å². The molecule has 0 bridgehead atoms. The molecule has 2 aliphatic rings. The third kappa shape index (κ3) is 4.80. The van der Waals surface area contributed by atoms with Gasteiger partial charge in [0, 0.05) is 37.0 Å². The minimum Gasteiger partial charge on any atom is -0.356 e. The summed E-state index contributed by atoms with van der Waals surface area (Å²) in [4.78, 5) is 23.6. The van der Waals surface area contributed by atoms with Crippen molar-refractivity contribution in [1.82, 2.24) is 9.97 Å². The first kappa shape index (κ1) is 18.7. The van der Waals surface area contributed by atoms with Gasteiger partial charge >= 0.3 is 0 Å². The lowest BCUT2D eigenvalue weighted by molar-refractivity contribution is -0.117. The van der Waals surface area contributed by atoms with Crippen molar-refractivity contribution in [1.29, 1.82) is 0 Å². The van der Waals surface area contributed by atoms with Crippen molar-refractivity contribution in [3.63, 3.8) is 0 Å². The van der Waals surface area contributed by atoms with Crippen molar-refractivity contribution in [3.8, 4) is 0 Å². The van der Waals surface area contributed by atoms with E-state index >= 15 is 0 Å². The van der Waals surface area contributed by atoms with Crippen LogP contribution >= 0.6 is 0 Å². The second-order valence-electron chi connectivity index (χ2n) is 7.96. The summed E-state index contributed by atoms with van der Waals surface area (Å²) in [6, 6.07) is 9.82. The molecule has 6 nitrogen and oxygen atoms in total. The molecule has 1 aromatic carbocycles. The lowest BCUT2D eigenvalue weighted by Crippen LogP contribution is -2.19. The smallest absolute Gasteiger partial charge is 0.224 e. The third-order valence-corrected chi connectivity index (χ3v) is 5.64. The van der Waals surface area contributed by atoms with Crippen LogP contribution in [0.3, 0.4) is 0 Å². The van der Waals surface area contributed by atoms with Crippen LogP contribution in [0, 0.1) is 12.8 Å². The van der Waals surface area contributed by atoms with Gasteiger partial charge < -0.3 is 15.5 Å². The highest BCUT2D eigenvalue weighted by atomic mass is 16.1. The van der Waals surface area contributed by atoms with Gasteiger partial charge in [-0.2, -0.15) is 0 Å². The molecule has 6 heteroatoms. The molecule has 1 amide bonds. The first-order valence-corrected chi connectivity index (χ1v) is 10.4. The van der Waals surface area contributed by atoms with Crippen LogP contribution in [0.15, 0.2) is 30.3 Å². The van der Waals surface area contributed by atoms with Crippen molar-refractivity contribution < 1.29 is 4.79 Å². The summed E-state index contributed by atoms with van der Waals surface area (Å²) in [5, 5.41) is 6.37. The molecule has 1 saturated carbocycles. The molecule has 2 heterocycles. The number of nitrogens with one attached hydrogen (secondary N) is 2. The van der Waals surface area contributed by atoms with Gasteiger partial charge in [0.25, 0.3) is 0 Å². The van der Waals surface area contributed by atoms with E-state index in [1.165, 1.54) is 38.5 Å². The summed E-state index contributed by atoms with van der Waals surface area (Å²) in [7, 11) is 0. The number of anilines is 4. The Morgan fingerprint density at radius 1 is 1.04 bits per heavy atom. The Hall–Kier alpha value is -2.63. The largest absolute Gasteiger partial charge is 0.356 e. The van der Waals surface area contributed by atoms with Crippen LogP contribution < -0.4 is 15.5 Å². The standard InChI is InChI=1S/C22H29N5O/c1-16-23-20(15-21(24-16)27-12-4-5-13-27)25-18-8-10-19(11-9-18)26-22(28)14-17-6-2-3-7-17/h8-11,15,17H,2-7,12-14H2,1H3,(H,26,28)(H,23,24,25). The Balaban J connectivity index is 1.37. The zero-order chi connectivity index (χ0) is 19.3. The van der Waals surface area contributed by atoms with Crippen LogP contribution in [0.1, 0.15) is 50.8 Å². The Kier molecular flexibility index (Phi) is 5.74. The van der Waals surface area contributed by atoms with E-state index in [9.17, 15) is 4.79 Å². The minimum absolute atomic E-state index is 0.120. The average Bonchev–Trinajstić information content (AvgIpc) is 3.37. The predicted molar refractivity (Wildman–Crippen MR) is 113 cm³/mol. The van der Waals surface area contributed by atoms with Gasteiger partial charge in [-0.25, -0.2) is 9.97 Å². The van der Waals surface area contributed by atoms with Gasteiger partial charge in [-0.05, 0) is 62.8 Å². The Morgan fingerprint density at radius 3 is 2.43 bits per heavy atom. The number of rotatable bonds is 6. The highest BCUT2D eigenvalue weighted by Crippen LogP contribution is 2.28.